The molecule has 0 radical (unpaired) electrons. The highest BCUT2D eigenvalue weighted by molar-refractivity contribution is 7.86. The van der Waals surface area contributed by atoms with Crippen LogP contribution in [-0.2, 0) is 25.5 Å². The summed E-state index contributed by atoms with van der Waals surface area (Å²) in [6.07, 6.45) is 0.714. The van der Waals surface area contributed by atoms with Crippen LogP contribution in [0.3, 0.4) is 0 Å². The summed E-state index contributed by atoms with van der Waals surface area (Å²) in [4.78, 5) is 11.3. The summed E-state index contributed by atoms with van der Waals surface area (Å²) < 4.78 is 25.6. The van der Waals surface area contributed by atoms with Gasteiger partial charge in [0, 0.05) is 0 Å². The molecule has 1 aromatic carbocycles. The van der Waals surface area contributed by atoms with Crippen molar-refractivity contribution in [3.05, 3.63) is 23.8 Å². The van der Waals surface area contributed by atoms with Gasteiger partial charge < -0.3 is 20.1 Å². The fourth-order valence-corrected chi connectivity index (χ4v) is 1.67. The van der Waals surface area contributed by atoms with E-state index >= 15 is 0 Å². The lowest BCUT2D eigenvalue weighted by Crippen LogP contribution is -2.35. The number of phenols is 2. The predicted octanol–water partition coefficient (Wildman–Crippen LogP) is -0.530. The lowest BCUT2D eigenvalue weighted by atomic mass is 10.1. The van der Waals surface area contributed by atoms with E-state index in [-0.39, 0.29) is 17.9 Å². The highest BCUT2D eigenvalue weighted by atomic mass is 32.2. The fourth-order valence-electron chi connectivity index (χ4n) is 1.24. The van der Waals surface area contributed by atoms with E-state index in [2.05, 4.69) is 4.18 Å². The maximum Gasteiger partial charge on any atom is 0.339 e. The molecule has 0 saturated heterocycles. The number of rotatable bonds is 4. The Kier molecular flexibility index (Phi) is 4.15. The zero-order chi connectivity index (χ0) is 13.9. The third-order valence-corrected chi connectivity index (χ3v) is 2.50. The van der Waals surface area contributed by atoms with Gasteiger partial charge in [-0.3, -0.25) is 0 Å². The Morgan fingerprint density at radius 1 is 1.39 bits per heavy atom. The van der Waals surface area contributed by atoms with Crippen LogP contribution < -0.4 is 5.73 Å². The molecule has 0 unspecified atom stereocenters. The zero-order valence-electron chi connectivity index (χ0n) is 9.53. The average molecular weight is 275 g/mol. The number of carbonyl (C=O) groups is 1. The van der Waals surface area contributed by atoms with Gasteiger partial charge >= 0.3 is 16.1 Å². The van der Waals surface area contributed by atoms with Gasteiger partial charge in [0.1, 0.15) is 6.04 Å². The predicted molar refractivity (Wildman–Crippen MR) is 62.4 cm³/mol. The first-order valence-corrected chi connectivity index (χ1v) is 6.70. The van der Waals surface area contributed by atoms with Crippen molar-refractivity contribution in [2.75, 3.05) is 6.26 Å². The van der Waals surface area contributed by atoms with E-state index in [0.717, 1.165) is 6.26 Å². The topological polar surface area (TPSA) is 127 Å². The van der Waals surface area contributed by atoms with Gasteiger partial charge in [-0.15, -0.1) is 0 Å². The van der Waals surface area contributed by atoms with Crippen LogP contribution in [0.5, 0.6) is 11.5 Å². The molecule has 18 heavy (non-hydrogen) atoms. The van der Waals surface area contributed by atoms with E-state index in [0.29, 0.717) is 5.56 Å². The van der Waals surface area contributed by atoms with Gasteiger partial charge in [-0.1, -0.05) is 6.07 Å². The minimum Gasteiger partial charge on any atom is -0.504 e. The number of phenolic OH excluding ortho intramolecular Hbond substituents is 2. The Hall–Kier alpha value is -1.80. The van der Waals surface area contributed by atoms with Crippen molar-refractivity contribution in [1.29, 1.82) is 0 Å². The van der Waals surface area contributed by atoms with Crippen LogP contribution in [0, 0.1) is 0 Å². The van der Waals surface area contributed by atoms with Gasteiger partial charge in [-0.05, 0) is 24.1 Å². The Labute approximate surface area is 104 Å². The van der Waals surface area contributed by atoms with E-state index < -0.39 is 22.1 Å². The largest absolute Gasteiger partial charge is 0.504 e. The molecule has 100 valence electrons. The molecule has 0 aliphatic rings. The molecule has 1 rings (SSSR count). The standard InChI is InChI=1S/C10H13NO6S/c1-18(15,16)17-10(14)7(11)4-6-2-3-8(12)9(13)5-6/h2-3,5,7,12-13H,4,11H2,1H3/t7-/m0/s1. The summed E-state index contributed by atoms with van der Waals surface area (Å²) in [6.45, 7) is 0. The van der Waals surface area contributed by atoms with Crippen LogP contribution >= 0.6 is 0 Å². The first-order valence-electron chi connectivity index (χ1n) is 4.89. The second-order valence-electron chi connectivity index (χ2n) is 3.74. The summed E-state index contributed by atoms with van der Waals surface area (Å²) in [6, 6.07) is 2.73. The van der Waals surface area contributed by atoms with Crippen LogP contribution in [-0.4, -0.2) is 36.9 Å². The molecular weight excluding hydrogens is 262 g/mol. The van der Waals surface area contributed by atoms with Crippen LogP contribution in [0.25, 0.3) is 0 Å². The monoisotopic (exact) mass is 275 g/mol. The first kappa shape index (κ1) is 14.3. The average Bonchev–Trinajstić information content (AvgIpc) is 2.21. The van der Waals surface area contributed by atoms with Crippen molar-refractivity contribution in [2.45, 2.75) is 12.5 Å². The Morgan fingerprint density at radius 2 is 2.00 bits per heavy atom. The van der Waals surface area contributed by atoms with E-state index in [1.54, 1.807) is 0 Å². The van der Waals surface area contributed by atoms with Crippen LogP contribution in [0.15, 0.2) is 18.2 Å². The van der Waals surface area contributed by atoms with E-state index in [9.17, 15) is 18.3 Å². The number of nitrogens with two attached hydrogens (primary N) is 1. The minimum absolute atomic E-state index is 0.0256. The molecule has 0 aliphatic heterocycles. The summed E-state index contributed by atoms with van der Waals surface area (Å²) in [5, 5.41) is 18.3. The molecule has 1 aromatic rings. The van der Waals surface area contributed by atoms with E-state index in [1.165, 1.54) is 18.2 Å². The van der Waals surface area contributed by atoms with Crippen LogP contribution in [0.1, 0.15) is 5.56 Å². The maximum absolute atomic E-state index is 11.3. The highest BCUT2D eigenvalue weighted by Gasteiger charge is 2.20. The van der Waals surface area contributed by atoms with Crippen molar-refractivity contribution in [3.63, 3.8) is 0 Å². The smallest absolute Gasteiger partial charge is 0.339 e. The first-order chi connectivity index (χ1) is 8.19. The maximum atomic E-state index is 11.3. The molecule has 4 N–H and O–H groups in total. The molecule has 0 amide bonds. The summed E-state index contributed by atoms with van der Waals surface area (Å²) >= 11 is 0. The summed E-state index contributed by atoms with van der Waals surface area (Å²) in [5.74, 6) is -1.73. The van der Waals surface area contributed by atoms with Crippen molar-refractivity contribution in [2.24, 2.45) is 5.73 Å². The Balaban J connectivity index is 2.72. The molecule has 0 fully saturated rings. The third-order valence-electron chi connectivity index (χ3n) is 2.03. The molecule has 0 saturated carbocycles. The van der Waals surface area contributed by atoms with E-state index in [4.69, 9.17) is 10.8 Å². The highest BCUT2D eigenvalue weighted by Crippen LogP contribution is 2.25. The summed E-state index contributed by atoms with van der Waals surface area (Å²) in [7, 11) is -3.89. The van der Waals surface area contributed by atoms with Gasteiger partial charge in [0.05, 0.1) is 6.26 Å². The number of hydrogen-bond donors (Lipinski definition) is 3. The molecule has 0 bridgehead atoms. The number of benzene rings is 1. The molecule has 0 aromatic heterocycles. The van der Waals surface area contributed by atoms with Gasteiger partial charge in [-0.25, -0.2) is 4.79 Å². The normalized spacial score (nSPS) is 13.0. The zero-order valence-corrected chi connectivity index (χ0v) is 10.3. The lowest BCUT2D eigenvalue weighted by Gasteiger charge is -2.10. The van der Waals surface area contributed by atoms with Crippen molar-refractivity contribution < 1.29 is 27.6 Å². The SMILES string of the molecule is CS(=O)(=O)OC(=O)[C@@H](N)Cc1ccc(O)c(O)c1. The van der Waals surface area contributed by atoms with Gasteiger partial charge in [0.2, 0.25) is 0 Å². The molecule has 0 heterocycles. The second kappa shape index (κ2) is 5.23. The minimum atomic E-state index is -3.89. The molecule has 7 nitrogen and oxygen atoms in total. The van der Waals surface area contributed by atoms with Crippen molar-refractivity contribution in [3.8, 4) is 11.5 Å². The Morgan fingerprint density at radius 3 is 2.50 bits per heavy atom. The molecule has 0 aliphatic carbocycles. The molecular formula is C10H13NO6S. The fraction of sp³-hybridized carbons (Fsp3) is 0.300. The van der Waals surface area contributed by atoms with Crippen molar-refractivity contribution >= 4 is 16.1 Å². The number of hydrogen-bond acceptors (Lipinski definition) is 7. The van der Waals surface area contributed by atoms with Crippen LogP contribution in [0.2, 0.25) is 0 Å². The number of aromatic hydroxyl groups is 2. The molecule has 1 atom stereocenters. The Bertz CT molecular complexity index is 553. The van der Waals surface area contributed by atoms with E-state index in [1.807, 2.05) is 0 Å². The second-order valence-corrected chi connectivity index (χ2v) is 5.32. The van der Waals surface area contributed by atoms with Crippen molar-refractivity contribution in [1.82, 2.24) is 0 Å². The lowest BCUT2D eigenvalue weighted by molar-refractivity contribution is -0.135. The van der Waals surface area contributed by atoms with Crippen LogP contribution in [0.4, 0.5) is 0 Å². The van der Waals surface area contributed by atoms with Gasteiger partial charge in [-0.2, -0.15) is 8.42 Å². The molecule has 8 heteroatoms. The quantitative estimate of drug-likeness (QED) is 0.498. The molecule has 0 spiro atoms. The number of carbonyl (C=O) groups excluding carboxylic acids is 1. The van der Waals surface area contributed by atoms with Gasteiger partial charge in [0.15, 0.2) is 11.5 Å². The third kappa shape index (κ3) is 4.22. The van der Waals surface area contributed by atoms with Gasteiger partial charge in [0.25, 0.3) is 0 Å². The summed E-state index contributed by atoms with van der Waals surface area (Å²) in [5.41, 5.74) is 5.92.